The summed E-state index contributed by atoms with van der Waals surface area (Å²) >= 11 is 0. The molecule has 53 heavy (non-hydrogen) atoms. The smallest absolute Gasteiger partial charge is 0.0347 e. The fraction of sp³-hybridized carbons (Fsp3) is 0.321. The molecule has 6 aromatic rings. The van der Waals surface area contributed by atoms with Gasteiger partial charge in [0.05, 0.1) is 0 Å². The van der Waals surface area contributed by atoms with Gasteiger partial charge in [0.2, 0.25) is 0 Å². The molecule has 0 fully saturated rings. The Hall–Kier alpha value is -4.68. The first-order chi connectivity index (χ1) is 33.1. The van der Waals surface area contributed by atoms with Gasteiger partial charge < -0.3 is 0 Å². The minimum absolute atomic E-state index is 0.197. The molecule has 0 aromatic heterocycles. The second kappa shape index (κ2) is 17.9. The maximum absolute atomic E-state index is 8.41. The molecule has 6 rings (SSSR count). The van der Waals surface area contributed by atoms with Gasteiger partial charge >= 0.3 is 0 Å². The van der Waals surface area contributed by atoms with Gasteiger partial charge in [0, 0.05) is 27.4 Å². The topological polar surface area (TPSA) is 0 Å². The fourth-order valence-electron chi connectivity index (χ4n) is 6.24. The summed E-state index contributed by atoms with van der Waals surface area (Å²) in [6.07, 6.45) is 0. The van der Waals surface area contributed by atoms with Gasteiger partial charge in [0.1, 0.15) is 0 Å². The third-order valence-electron chi connectivity index (χ3n) is 8.95. The van der Waals surface area contributed by atoms with E-state index in [0.29, 0.717) is 16.7 Å². The largest absolute Gasteiger partial charge is 0.0622 e. The summed E-state index contributed by atoms with van der Waals surface area (Å²) in [4.78, 5) is 0. The third-order valence-corrected chi connectivity index (χ3v) is 8.95. The Morgan fingerprint density at radius 2 is 0.868 bits per heavy atom. The van der Waals surface area contributed by atoms with E-state index in [0.717, 1.165) is 44.5 Å². The monoisotopic (exact) mass is 721 g/mol. The van der Waals surface area contributed by atoms with Crippen molar-refractivity contribution in [2.24, 2.45) is 0 Å². The Labute approximate surface area is 351 Å². The lowest BCUT2D eigenvalue weighted by atomic mass is 9.83. The molecule has 0 aliphatic heterocycles. The first kappa shape index (κ1) is 21.3. The highest BCUT2D eigenvalue weighted by atomic mass is 14.2. The van der Waals surface area contributed by atoms with E-state index in [1.165, 1.54) is 18.2 Å². The van der Waals surface area contributed by atoms with Gasteiger partial charge in [0.15, 0.2) is 0 Å². The van der Waals surface area contributed by atoms with E-state index in [1.54, 1.807) is 56.3 Å². The number of hydrogen-bond acceptors (Lipinski definition) is 0. The van der Waals surface area contributed by atoms with Gasteiger partial charge in [-0.1, -0.05) is 214 Å². The first-order valence-corrected chi connectivity index (χ1v) is 17.6. The SMILES string of the molecule is [2H]C(C)(C)c1cc(-c2ccccc2)cc(C([2H])(C)C)c1C.[2H]C([2H])([2H])C(c1cc(C)cc(-c2ccccc2)c1)(C([2H])([2H])[2H])C([2H])([2H])[2H].[2H]C([2H])([2H])C(c1ccc(-c2ccccc2)cc1C)(C([2H])([2H])[2H])C([2H])([2H])[2H]. The average molecular weight is 721 g/mol. The Kier molecular flexibility index (Phi) is 7.18. The molecule has 0 radical (unpaired) electrons. The van der Waals surface area contributed by atoms with Crippen molar-refractivity contribution in [3.63, 3.8) is 0 Å². The Bertz CT molecular complexity index is 2670. The van der Waals surface area contributed by atoms with Crippen LogP contribution in [0, 0.1) is 20.8 Å². The fourth-order valence-corrected chi connectivity index (χ4v) is 6.24. The number of rotatable bonds is 5. The van der Waals surface area contributed by atoms with E-state index in [9.17, 15) is 0 Å². The van der Waals surface area contributed by atoms with Crippen LogP contribution in [0.5, 0.6) is 0 Å². The van der Waals surface area contributed by atoms with E-state index < -0.39 is 63.7 Å². The van der Waals surface area contributed by atoms with Gasteiger partial charge in [-0.3, -0.25) is 0 Å². The molecule has 0 N–H and O–H groups in total. The predicted octanol–water partition coefficient (Wildman–Crippen LogP) is 15.8. The van der Waals surface area contributed by atoms with Crippen molar-refractivity contribution >= 4 is 0 Å². The zero-order valence-corrected chi connectivity index (χ0v) is 31.8. The number of aryl methyl sites for hydroxylation is 2. The number of hydrogen-bond donors (Lipinski definition) is 0. The Morgan fingerprint density at radius 3 is 1.28 bits per heavy atom. The van der Waals surface area contributed by atoms with Crippen molar-refractivity contribution in [2.45, 2.75) is 112 Å². The molecule has 0 heterocycles. The van der Waals surface area contributed by atoms with Crippen molar-refractivity contribution < 1.29 is 27.4 Å². The van der Waals surface area contributed by atoms with Crippen LogP contribution < -0.4 is 0 Å². The van der Waals surface area contributed by atoms with Crippen LogP contribution in [0.3, 0.4) is 0 Å². The average Bonchev–Trinajstić information content (AvgIpc) is 3.22. The summed E-state index contributed by atoms with van der Waals surface area (Å²) in [7, 11) is 0. The molecule has 0 aliphatic rings. The molecule has 0 bridgehead atoms. The quantitative estimate of drug-likeness (QED) is 0.166. The van der Waals surface area contributed by atoms with E-state index >= 15 is 0 Å². The molecule has 0 heteroatoms. The summed E-state index contributed by atoms with van der Waals surface area (Å²) in [6.45, 7) is -6.63. The second-order valence-electron chi connectivity index (χ2n) is 13.9. The zero-order chi connectivity index (χ0) is 55.8. The molecule has 0 saturated heterocycles. The van der Waals surface area contributed by atoms with Crippen molar-refractivity contribution in [1.29, 1.82) is 0 Å². The van der Waals surface area contributed by atoms with Crippen molar-refractivity contribution in [1.82, 2.24) is 0 Å². The lowest BCUT2D eigenvalue weighted by Crippen LogP contribution is -2.12. The molecule has 0 spiro atoms. The van der Waals surface area contributed by atoms with Crippen LogP contribution in [0.15, 0.2) is 140 Å². The highest BCUT2D eigenvalue weighted by Crippen LogP contribution is 2.34. The highest BCUT2D eigenvalue weighted by molar-refractivity contribution is 5.68. The van der Waals surface area contributed by atoms with Gasteiger partial charge in [0.25, 0.3) is 0 Å². The third kappa shape index (κ3) is 11.4. The van der Waals surface area contributed by atoms with Gasteiger partial charge in [-0.05, 0) is 110 Å². The minimum atomic E-state index is -3.26. The van der Waals surface area contributed by atoms with Crippen LogP contribution in [0.25, 0.3) is 33.4 Å². The van der Waals surface area contributed by atoms with Crippen LogP contribution in [0.4, 0.5) is 0 Å². The van der Waals surface area contributed by atoms with Crippen LogP contribution in [-0.2, 0) is 10.8 Å². The van der Waals surface area contributed by atoms with E-state index in [1.807, 2.05) is 89.2 Å². The minimum Gasteiger partial charge on any atom is -0.0622 e. The van der Waals surface area contributed by atoms with Gasteiger partial charge in [-0.25, -0.2) is 0 Å². The van der Waals surface area contributed by atoms with Crippen LogP contribution in [-0.4, -0.2) is 0 Å². The summed E-state index contributed by atoms with van der Waals surface area (Å²) < 4.78 is 158. The predicted molar refractivity (Wildman–Crippen MR) is 235 cm³/mol. The summed E-state index contributed by atoms with van der Waals surface area (Å²) in [5.74, 6) is -1.34. The van der Waals surface area contributed by atoms with Crippen molar-refractivity contribution in [3.05, 3.63) is 178 Å². The maximum atomic E-state index is 8.41. The molecular weight excluding hydrogens is 637 g/mol. The first-order valence-electron chi connectivity index (χ1n) is 27.6. The van der Waals surface area contributed by atoms with Gasteiger partial charge in [-0.2, -0.15) is 0 Å². The van der Waals surface area contributed by atoms with Gasteiger partial charge in [-0.15, -0.1) is 0 Å². The Morgan fingerprint density at radius 1 is 0.434 bits per heavy atom. The molecule has 6 aromatic carbocycles. The molecule has 276 valence electrons. The molecular formula is C53H64. The Balaban J connectivity index is 0.000000239. The van der Waals surface area contributed by atoms with E-state index in [2.05, 4.69) is 24.3 Å². The maximum Gasteiger partial charge on any atom is 0.0347 e. The van der Waals surface area contributed by atoms with E-state index in [4.69, 9.17) is 27.4 Å². The van der Waals surface area contributed by atoms with E-state index in [-0.39, 0.29) is 11.1 Å². The molecule has 0 saturated carbocycles. The standard InChI is InChI=1S/C19H24.2C17H20/c1-13(2)18-11-17(16-9-7-6-8-10-16)12-19(14(3)4)15(18)5;1-13-10-15(14-8-6-5-7-9-14)12-16(11-13)17(2,3)4;1-13-12-15(14-8-6-5-7-9-14)10-11-16(13)17(2,3)4/h6-14H,1-5H3;2*5-12H,1-4H3/i13D,14D;2*2D3,3D3,4D3. The van der Waals surface area contributed by atoms with Crippen LogP contribution >= 0.6 is 0 Å². The van der Waals surface area contributed by atoms with Crippen molar-refractivity contribution in [2.75, 3.05) is 0 Å². The molecule has 0 atom stereocenters. The second-order valence-corrected chi connectivity index (χ2v) is 13.9. The number of benzene rings is 6. The lowest BCUT2D eigenvalue weighted by molar-refractivity contribution is 0.586. The molecule has 0 aliphatic carbocycles. The molecule has 0 amide bonds. The lowest BCUT2D eigenvalue weighted by Gasteiger charge is -2.22. The molecule has 0 unspecified atom stereocenters. The van der Waals surface area contributed by atoms with Crippen molar-refractivity contribution in [3.8, 4) is 33.4 Å². The van der Waals surface area contributed by atoms with Crippen LogP contribution in [0.1, 0.15) is 147 Å². The molecule has 0 nitrogen and oxygen atoms in total. The van der Waals surface area contributed by atoms with Crippen LogP contribution in [0.2, 0.25) is 0 Å². The summed E-state index contributed by atoms with van der Waals surface area (Å²) in [5, 5.41) is 0. The summed E-state index contributed by atoms with van der Waals surface area (Å²) in [5.41, 5.74) is 2.75. The zero-order valence-electron chi connectivity index (χ0n) is 51.8. The summed E-state index contributed by atoms with van der Waals surface area (Å²) in [6, 6.07) is 41.6. The normalized spacial score (nSPS) is 18.8. The highest BCUT2D eigenvalue weighted by Gasteiger charge is 2.17.